The van der Waals surface area contributed by atoms with Gasteiger partial charge < -0.3 is 5.73 Å². The van der Waals surface area contributed by atoms with Crippen LogP contribution >= 0.6 is 23.1 Å². The highest BCUT2D eigenvalue weighted by atomic mass is 32.2. The van der Waals surface area contributed by atoms with Crippen molar-refractivity contribution in [3.05, 3.63) is 41.3 Å². The smallest absolute Gasteiger partial charge is 0.0646 e. The molecule has 0 aliphatic rings. The van der Waals surface area contributed by atoms with Gasteiger partial charge in [0.25, 0.3) is 0 Å². The Morgan fingerprint density at radius 2 is 2.07 bits per heavy atom. The van der Waals surface area contributed by atoms with Gasteiger partial charge in [-0.15, -0.1) is 11.3 Å². The van der Waals surface area contributed by atoms with Crippen molar-refractivity contribution in [2.24, 2.45) is 0 Å². The normalized spacial score (nSPS) is 10.4. The summed E-state index contributed by atoms with van der Waals surface area (Å²) in [6, 6.07) is 10.2. The lowest BCUT2D eigenvalue weighted by atomic mass is 10.2. The van der Waals surface area contributed by atoms with Crippen LogP contribution in [0.1, 0.15) is 5.56 Å². The number of hydrogen-bond acceptors (Lipinski definition) is 3. The molecule has 0 unspecified atom stereocenters. The molecule has 0 radical (unpaired) electrons. The molecule has 72 valence electrons. The Morgan fingerprint density at radius 3 is 2.79 bits per heavy atom. The number of thiophene rings is 1. The quantitative estimate of drug-likeness (QED) is 0.781. The molecule has 1 aromatic heterocycles. The molecule has 0 fully saturated rings. The fourth-order valence-electron chi connectivity index (χ4n) is 1.17. The zero-order chi connectivity index (χ0) is 9.97. The minimum absolute atomic E-state index is 0.867. The zero-order valence-corrected chi connectivity index (χ0v) is 9.49. The summed E-state index contributed by atoms with van der Waals surface area (Å²) in [5.74, 6) is 0. The summed E-state index contributed by atoms with van der Waals surface area (Å²) in [6.07, 6.45) is 0. The van der Waals surface area contributed by atoms with Gasteiger partial charge in [0.1, 0.15) is 0 Å². The average Bonchev–Trinajstić information content (AvgIpc) is 2.66. The van der Waals surface area contributed by atoms with Crippen LogP contribution in [0.5, 0.6) is 0 Å². The summed E-state index contributed by atoms with van der Waals surface area (Å²) >= 11 is 3.53. The minimum atomic E-state index is 0.867. The molecule has 1 aromatic carbocycles. The number of nitrogen functional groups attached to an aromatic ring is 1. The molecule has 2 N–H and O–H groups in total. The second kappa shape index (κ2) is 4.07. The first kappa shape index (κ1) is 9.62. The zero-order valence-electron chi connectivity index (χ0n) is 7.86. The van der Waals surface area contributed by atoms with E-state index in [1.807, 2.05) is 12.1 Å². The number of hydrogen-bond donors (Lipinski definition) is 1. The van der Waals surface area contributed by atoms with E-state index in [0.717, 1.165) is 5.69 Å². The van der Waals surface area contributed by atoms with Gasteiger partial charge in [-0.3, -0.25) is 0 Å². The van der Waals surface area contributed by atoms with Gasteiger partial charge in [0.15, 0.2) is 0 Å². The van der Waals surface area contributed by atoms with E-state index in [0.29, 0.717) is 0 Å². The van der Waals surface area contributed by atoms with Gasteiger partial charge in [-0.1, -0.05) is 23.9 Å². The number of nitrogens with two attached hydrogens (primary N) is 1. The molecule has 0 spiro atoms. The van der Waals surface area contributed by atoms with Crippen molar-refractivity contribution in [2.75, 3.05) is 5.73 Å². The maximum atomic E-state index is 5.84. The van der Waals surface area contributed by atoms with E-state index in [2.05, 4.69) is 30.5 Å². The summed E-state index contributed by atoms with van der Waals surface area (Å²) in [5, 5.41) is 2.09. The molecular formula is C11H11NS2. The first-order valence-electron chi connectivity index (χ1n) is 4.34. The topological polar surface area (TPSA) is 26.0 Å². The fraction of sp³-hybridized carbons (Fsp3) is 0.0909. The SMILES string of the molecule is Cc1c(N)cccc1Sc1cccs1. The van der Waals surface area contributed by atoms with Crippen LogP contribution in [-0.4, -0.2) is 0 Å². The van der Waals surface area contributed by atoms with Gasteiger partial charge in [0.2, 0.25) is 0 Å². The molecule has 14 heavy (non-hydrogen) atoms. The lowest BCUT2D eigenvalue weighted by Crippen LogP contribution is -1.89. The van der Waals surface area contributed by atoms with E-state index in [1.54, 1.807) is 23.1 Å². The molecular weight excluding hydrogens is 210 g/mol. The largest absolute Gasteiger partial charge is 0.398 e. The van der Waals surface area contributed by atoms with Crippen LogP contribution in [0.2, 0.25) is 0 Å². The Kier molecular flexibility index (Phi) is 2.79. The van der Waals surface area contributed by atoms with Crippen LogP contribution in [-0.2, 0) is 0 Å². The predicted molar refractivity (Wildman–Crippen MR) is 64.0 cm³/mol. The highest BCUT2D eigenvalue weighted by molar-refractivity contribution is 8.01. The summed E-state index contributed by atoms with van der Waals surface area (Å²) in [5.41, 5.74) is 7.88. The first-order valence-corrected chi connectivity index (χ1v) is 6.03. The van der Waals surface area contributed by atoms with E-state index >= 15 is 0 Å². The minimum Gasteiger partial charge on any atom is -0.398 e. The lowest BCUT2D eigenvalue weighted by molar-refractivity contribution is 1.31. The van der Waals surface area contributed by atoms with Gasteiger partial charge in [0.05, 0.1) is 4.21 Å². The van der Waals surface area contributed by atoms with Crippen molar-refractivity contribution < 1.29 is 0 Å². The average molecular weight is 221 g/mol. The summed E-state index contributed by atoms with van der Waals surface area (Å²) in [7, 11) is 0. The van der Waals surface area contributed by atoms with Crippen molar-refractivity contribution >= 4 is 28.8 Å². The summed E-state index contributed by atoms with van der Waals surface area (Å²) in [4.78, 5) is 1.24. The third-order valence-electron chi connectivity index (χ3n) is 2.03. The van der Waals surface area contributed by atoms with Gasteiger partial charge in [-0.2, -0.15) is 0 Å². The van der Waals surface area contributed by atoms with E-state index in [4.69, 9.17) is 5.73 Å². The highest BCUT2D eigenvalue weighted by Crippen LogP contribution is 2.34. The Hall–Kier alpha value is -0.930. The molecule has 0 atom stereocenters. The van der Waals surface area contributed by atoms with E-state index in [1.165, 1.54) is 14.7 Å². The van der Waals surface area contributed by atoms with Crippen LogP contribution in [0, 0.1) is 6.92 Å². The molecule has 0 amide bonds. The van der Waals surface area contributed by atoms with Crippen molar-refractivity contribution in [1.82, 2.24) is 0 Å². The summed E-state index contributed by atoms with van der Waals surface area (Å²) < 4.78 is 1.30. The molecule has 0 saturated heterocycles. The monoisotopic (exact) mass is 221 g/mol. The van der Waals surface area contributed by atoms with Crippen molar-refractivity contribution in [3.63, 3.8) is 0 Å². The predicted octanol–water partition coefficient (Wildman–Crippen LogP) is 3.79. The van der Waals surface area contributed by atoms with Crippen LogP contribution in [0.4, 0.5) is 5.69 Å². The molecule has 0 saturated carbocycles. The molecule has 2 aromatic rings. The van der Waals surface area contributed by atoms with Crippen LogP contribution < -0.4 is 5.73 Å². The van der Waals surface area contributed by atoms with E-state index in [-0.39, 0.29) is 0 Å². The first-order chi connectivity index (χ1) is 6.77. The van der Waals surface area contributed by atoms with Gasteiger partial charge in [0, 0.05) is 10.6 Å². The van der Waals surface area contributed by atoms with Crippen LogP contribution in [0.25, 0.3) is 0 Å². The molecule has 3 heteroatoms. The van der Waals surface area contributed by atoms with Crippen LogP contribution in [0.15, 0.2) is 44.8 Å². The van der Waals surface area contributed by atoms with E-state index in [9.17, 15) is 0 Å². The fourth-order valence-corrected chi connectivity index (χ4v) is 3.03. The Balaban J connectivity index is 2.29. The number of rotatable bonds is 2. The molecule has 0 aliphatic carbocycles. The Labute approximate surface area is 92.0 Å². The second-order valence-electron chi connectivity index (χ2n) is 3.00. The van der Waals surface area contributed by atoms with Gasteiger partial charge in [-0.25, -0.2) is 0 Å². The van der Waals surface area contributed by atoms with E-state index < -0.39 is 0 Å². The lowest BCUT2D eigenvalue weighted by Gasteiger charge is -2.05. The second-order valence-corrected chi connectivity index (χ2v) is 5.29. The maximum absolute atomic E-state index is 5.84. The van der Waals surface area contributed by atoms with Gasteiger partial charge in [-0.05, 0) is 36.1 Å². The molecule has 1 nitrogen and oxygen atoms in total. The third-order valence-corrected chi connectivity index (χ3v) is 4.23. The highest BCUT2D eigenvalue weighted by Gasteiger charge is 2.03. The maximum Gasteiger partial charge on any atom is 0.0646 e. The number of benzene rings is 1. The Morgan fingerprint density at radius 1 is 1.21 bits per heavy atom. The Bertz CT molecular complexity index is 421. The summed E-state index contributed by atoms with van der Waals surface area (Å²) in [6.45, 7) is 2.06. The third kappa shape index (κ3) is 1.94. The van der Waals surface area contributed by atoms with Gasteiger partial charge >= 0.3 is 0 Å². The van der Waals surface area contributed by atoms with Crippen molar-refractivity contribution in [2.45, 2.75) is 16.0 Å². The molecule has 0 bridgehead atoms. The molecule has 2 rings (SSSR count). The van der Waals surface area contributed by atoms with Crippen molar-refractivity contribution in [1.29, 1.82) is 0 Å². The molecule has 0 aliphatic heterocycles. The standard InChI is InChI=1S/C11H11NS2/c1-8-9(12)4-2-5-10(8)14-11-6-3-7-13-11/h2-7H,12H2,1H3. The van der Waals surface area contributed by atoms with Crippen LogP contribution in [0.3, 0.4) is 0 Å². The number of anilines is 1. The molecule has 1 heterocycles. The van der Waals surface area contributed by atoms with Crippen molar-refractivity contribution in [3.8, 4) is 0 Å².